The first kappa shape index (κ1) is 23.1. The molecule has 1 amide bonds. The zero-order valence-corrected chi connectivity index (χ0v) is 19.6. The third-order valence-corrected chi connectivity index (χ3v) is 9.86. The monoisotopic (exact) mass is 471 g/mol. The van der Waals surface area contributed by atoms with E-state index in [1.807, 2.05) is 0 Å². The summed E-state index contributed by atoms with van der Waals surface area (Å²) < 4.78 is 38.6. The van der Waals surface area contributed by atoms with Crippen molar-refractivity contribution in [3.05, 3.63) is 17.0 Å². The number of hydrogen-bond donors (Lipinski definition) is 1. The van der Waals surface area contributed by atoms with Crippen molar-refractivity contribution in [1.29, 1.82) is 0 Å². The Bertz CT molecular complexity index is 826. The Morgan fingerprint density at radius 1 is 1.10 bits per heavy atom. The molecule has 4 rings (SSSR count). The maximum Gasteiger partial charge on any atom is 0.252 e. The van der Waals surface area contributed by atoms with E-state index >= 15 is 0 Å². The average Bonchev–Trinajstić information content (AvgIpc) is 3.48. The fourth-order valence-electron chi connectivity index (χ4n) is 4.62. The Morgan fingerprint density at radius 2 is 1.87 bits per heavy atom. The maximum absolute atomic E-state index is 12.8. The number of thiophene rings is 1. The van der Waals surface area contributed by atoms with E-state index in [2.05, 4.69) is 10.2 Å². The van der Waals surface area contributed by atoms with E-state index in [4.69, 9.17) is 9.47 Å². The van der Waals surface area contributed by atoms with Crippen molar-refractivity contribution in [3.63, 3.8) is 0 Å². The van der Waals surface area contributed by atoms with Gasteiger partial charge in [-0.1, -0.05) is 6.42 Å². The summed E-state index contributed by atoms with van der Waals surface area (Å²) in [5, 5.41) is 3.09. The topological polar surface area (TPSA) is 88.2 Å². The minimum atomic E-state index is -3.44. The second-order valence-corrected chi connectivity index (χ2v) is 11.8. The molecule has 3 aliphatic rings. The number of hydrogen-bond acceptors (Lipinski definition) is 7. The summed E-state index contributed by atoms with van der Waals surface area (Å²) in [5.74, 6) is 0.349. The standard InChI is InChI=1S/C21H33N3O5S2/c25-20(22-15-19(17-6-11-29-16-17)23-9-12-28-13-10-23)14-18-4-5-21(30-18)31(26,27)24-7-2-1-3-8-24/h4-5,17,19H,1-3,6-16H2,(H,22,25). The van der Waals surface area contributed by atoms with Gasteiger partial charge in [-0.25, -0.2) is 8.42 Å². The van der Waals surface area contributed by atoms with Crippen LogP contribution in [0.25, 0.3) is 0 Å². The number of nitrogens with one attached hydrogen (secondary N) is 1. The number of carbonyl (C=O) groups is 1. The van der Waals surface area contributed by atoms with Crippen molar-refractivity contribution in [2.45, 2.75) is 42.4 Å². The predicted octanol–water partition coefficient (Wildman–Crippen LogP) is 1.32. The van der Waals surface area contributed by atoms with Crippen LogP contribution in [-0.2, 0) is 30.7 Å². The number of morpholine rings is 1. The van der Waals surface area contributed by atoms with Gasteiger partial charge in [0.1, 0.15) is 4.21 Å². The molecule has 0 bridgehead atoms. The molecule has 1 aromatic heterocycles. The maximum atomic E-state index is 12.8. The van der Waals surface area contributed by atoms with Gasteiger partial charge in [0.25, 0.3) is 10.0 Å². The Hall–Kier alpha value is -1.04. The normalized spacial score (nSPS) is 24.8. The predicted molar refractivity (Wildman–Crippen MR) is 119 cm³/mol. The lowest BCUT2D eigenvalue weighted by Crippen LogP contribution is -2.52. The van der Waals surface area contributed by atoms with E-state index < -0.39 is 10.0 Å². The van der Waals surface area contributed by atoms with Crippen molar-refractivity contribution in [3.8, 4) is 0 Å². The molecule has 3 aliphatic heterocycles. The number of ether oxygens (including phenoxy) is 2. The van der Waals surface area contributed by atoms with Crippen molar-refractivity contribution >= 4 is 27.3 Å². The quantitative estimate of drug-likeness (QED) is 0.615. The lowest BCUT2D eigenvalue weighted by atomic mass is 9.97. The molecule has 4 heterocycles. The summed E-state index contributed by atoms with van der Waals surface area (Å²) in [4.78, 5) is 15.8. The molecule has 1 aromatic rings. The fourth-order valence-corrected chi connectivity index (χ4v) is 7.65. The molecule has 0 aromatic carbocycles. The number of rotatable bonds is 8. The van der Waals surface area contributed by atoms with Gasteiger partial charge in [0.15, 0.2) is 0 Å². The Balaban J connectivity index is 1.32. The second-order valence-electron chi connectivity index (χ2n) is 8.51. The number of sulfonamides is 1. The highest BCUT2D eigenvalue weighted by Crippen LogP contribution is 2.27. The van der Waals surface area contributed by atoms with Crippen LogP contribution in [0, 0.1) is 5.92 Å². The highest BCUT2D eigenvalue weighted by Gasteiger charge is 2.32. The van der Waals surface area contributed by atoms with Gasteiger partial charge in [0, 0.05) is 56.2 Å². The Labute approximate surface area is 188 Å². The molecule has 0 radical (unpaired) electrons. The van der Waals surface area contributed by atoms with Crippen LogP contribution < -0.4 is 5.32 Å². The van der Waals surface area contributed by atoms with Crippen molar-refractivity contribution in [1.82, 2.24) is 14.5 Å². The van der Waals surface area contributed by atoms with Gasteiger partial charge in [0.2, 0.25) is 5.91 Å². The van der Waals surface area contributed by atoms with E-state index in [0.717, 1.165) is 70.1 Å². The van der Waals surface area contributed by atoms with Crippen LogP contribution in [-0.4, -0.2) is 88.7 Å². The Morgan fingerprint density at radius 3 is 2.58 bits per heavy atom. The minimum absolute atomic E-state index is 0.0686. The zero-order valence-electron chi connectivity index (χ0n) is 18.0. The zero-order chi connectivity index (χ0) is 21.7. The lowest BCUT2D eigenvalue weighted by molar-refractivity contribution is -0.120. The van der Waals surface area contributed by atoms with E-state index in [0.29, 0.717) is 29.8 Å². The number of nitrogens with zero attached hydrogens (tertiary/aromatic N) is 2. The first-order chi connectivity index (χ1) is 15.0. The van der Waals surface area contributed by atoms with Crippen molar-refractivity contribution in [2.75, 3.05) is 59.2 Å². The van der Waals surface area contributed by atoms with Crippen LogP contribution in [0.15, 0.2) is 16.3 Å². The SMILES string of the molecule is O=C(Cc1ccc(S(=O)(=O)N2CCCCC2)s1)NCC(C1CCOC1)N1CCOCC1. The van der Waals surface area contributed by atoms with E-state index in [1.54, 1.807) is 16.4 Å². The summed E-state index contributed by atoms with van der Waals surface area (Å²) in [7, 11) is -3.44. The molecule has 174 valence electrons. The van der Waals surface area contributed by atoms with E-state index in [9.17, 15) is 13.2 Å². The van der Waals surface area contributed by atoms with Crippen LogP contribution in [0.1, 0.15) is 30.6 Å². The molecule has 2 unspecified atom stereocenters. The smallest absolute Gasteiger partial charge is 0.252 e. The Kier molecular flexibility index (Phi) is 8.00. The van der Waals surface area contributed by atoms with Crippen LogP contribution >= 0.6 is 11.3 Å². The largest absolute Gasteiger partial charge is 0.381 e. The number of amides is 1. The summed E-state index contributed by atoms with van der Waals surface area (Å²) in [6.45, 7) is 6.47. The van der Waals surface area contributed by atoms with Crippen LogP contribution in [0.3, 0.4) is 0 Å². The van der Waals surface area contributed by atoms with Crippen LogP contribution in [0.2, 0.25) is 0 Å². The average molecular weight is 472 g/mol. The third-order valence-electron chi connectivity index (χ3n) is 6.41. The second kappa shape index (κ2) is 10.7. The minimum Gasteiger partial charge on any atom is -0.381 e. The summed E-state index contributed by atoms with van der Waals surface area (Å²) in [6.07, 6.45) is 4.13. The van der Waals surface area contributed by atoms with Gasteiger partial charge in [-0.2, -0.15) is 4.31 Å². The molecule has 0 saturated carbocycles. The third kappa shape index (κ3) is 5.85. The summed E-state index contributed by atoms with van der Waals surface area (Å²) >= 11 is 1.21. The molecule has 0 spiro atoms. The van der Waals surface area contributed by atoms with Gasteiger partial charge < -0.3 is 14.8 Å². The van der Waals surface area contributed by atoms with Gasteiger partial charge in [-0.15, -0.1) is 11.3 Å². The molecule has 1 N–H and O–H groups in total. The highest BCUT2D eigenvalue weighted by molar-refractivity contribution is 7.91. The molecule has 2 atom stereocenters. The number of carbonyl (C=O) groups excluding carboxylic acids is 1. The van der Waals surface area contributed by atoms with Gasteiger partial charge in [-0.05, 0) is 31.4 Å². The van der Waals surface area contributed by atoms with Gasteiger partial charge in [0.05, 0.1) is 26.2 Å². The molecule has 8 nitrogen and oxygen atoms in total. The lowest BCUT2D eigenvalue weighted by Gasteiger charge is -2.37. The number of piperidine rings is 1. The molecule has 10 heteroatoms. The first-order valence-corrected chi connectivity index (χ1v) is 13.5. The van der Waals surface area contributed by atoms with Gasteiger partial charge >= 0.3 is 0 Å². The van der Waals surface area contributed by atoms with E-state index in [1.165, 1.54) is 11.3 Å². The molecule has 3 fully saturated rings. The molecule has 3 saturated heterocycles. The molecule has 31 heavy (non-hydrogen) atoms. The van der Waals surface area contributed by atoms with Crippen LogP contribution in [0.4, 0.5) is 0 Å². The highest BCUT2D eigenvalue weighted by atomic mass is 32.2. The van der Waals surface area contributed by atoms with Crippen LogP contribution in [0.5, 0.6) is 0 Å². The molecular formula is C21H33N3O5S2. The first-order valence-electron chi connectivity index (χ1n) is 11.3. The molecule has 0 aliphatic carbocycles. The van der Waals surface area contributed by atoms with E-state index in [-0.39, 0.29) is 18.4 Å². The fraction of sp³-hybridized carbons (Fsp3) is 0.762. The van der Waals surface area contributed by atoms with Crippen molar-refractivity contribution in [2.24, 2.45) is 5.92 Å². The summed E-state index contributed by atoms with van der Waals surface area (Å²) in [5.41, 5.74) is 0. The van der Waals surface area contributed by atoms with Gasteiger partial charge in [-0.3, -0.25) is 9.69 Å². The molecular weight excluding hydrogens is 438 g/mol. The summed E-state index contributed by atoms with van der Waals surface area (Å²) in [6, 6.07) is 3.66. The van der Waals surface area contributed by atoms with Crippen molar-refractivity contribution < 1.29 is 22.7 Å².